The lowest BCUT2D eigenvalue weighted by atomic mass is 9.87. The Bertz CT molecular complexity index is 1100. The fraction of sp³-hybridized carbons (Fsp3) is 0.273. The Morgan fingerprint density at radius 1 is 1.04 bits per heavy atom. The zero-order valence-corrected chi connectivity index (χ0v) is 16.9. The summed E-state index contributed by atoms with van der Waals surface area (Å²) < 4.78 is 0.951. The molecular weight excluding hydrogens is 388 g/mol. The van der Waals surface area contributed by atoms with Crippen LogP contribution in [0.25, 0.3) is 10.1 Å². The highest BCUT2D eigenvalue weighted by Crippen LogP contribution is 2.49. The molecule has 5 rings (SSSR count). The Morgan fingerprint density at radius 2 is 1.75 bits per heavy atom. The molecule has 142 valence electrons. The number of thioether (sulfide) groups is 1. The van der Waals surface area contributed by atoms with Crippen LogP contribution in [0.1, 0.15) is 40.0 Å². The van der Waals surface area contributed by atoms with Gasteiger partial charge in [0.25, 0.3) is 5.91 Å². The van der Waals surface area contributed by atoms with Gasteiger partial charge in [0.1, 0.15) is 0 Å². The van der Waals surface area contributed by atoms with E-state index in [4.69, 9.17) is 5.73 Å². The lowest BCUT2D eigenvalue weighted by Gasteiger charge is -2.43. The maximum Gasteiger partial charge on any atom is 0.257 e. The quantitative estimate of drug-likeness (QED) is 0.626. The van der Waals surface area contributed by atoms with Crippen LogP contribution in [0.4, 0.5) is 5.00 Å². The summed E-state index contributed by atoms with van der Waals surface area (Å²) in [6, 6.07) is 15.7. The number of amides is 1. The van der Waals surface area contributed by atoms with Gasteiger partial charge in [-0.2, -0.15) is 0 Å². The van der Waals surface area contributed by atoms with E-state index in [1.807, 2.05) is 65.2 Å². The largest absolute Gasteiger partial charge is 0.390 e. The molecule has 3 aromatic rings. The number of piperidine rings is 1. The Kier molecular flexibility index (Phi) is 4.21. The van der Waals surface area contributed by atoms with E-state index in [-0.39, 0.29) is 16.4 Å². The van der Waals surface area contributed by atoms with E-state index in [0.717, 1.165) is 33.4 Å². The van der Waals surface area contributed by atoms with Crippen LogP contribution < -0.4 is 5.73 Å². The van der Waals surface area contributed by atoms with Crippen molar-refractivity contribution in [2.75, 3.05) is 18.8 Å². The minimum atomic E-state index is -0.0928. The van der Waals surface area contributed by atoms with Crippen molar-refractivity contribution < 1.29 is 9.59 Å². The van der Waals surface area contributed by atoms with Crippen molar-refractivity contribution in [2.45, 2.75) is 28.9 Å². The molecule has 6 heteroatoms. The number of nitrogens with zero attached hydrogens (tertiary/aromatic N) is 1. The van der Waals surface area contributed by atoms with Crippen molar-refractivity contribution in [3.63, 3.8) is 0 Å². The molecule has 0 unspecified atom stereocenters. The molecule has 1 fully saturated rings. The first kappa shape index (κ1) is 17.8. The van der Waals surface area contributed by atoms with E-state index in [1.165, 1.54) is 11.3 Å². The normalized spacial score (nSPS) is 18.4. The molecule has 1 amide bonds. The van der Waals surface area contributed by atoms with E-state index >= 15 is 0 Å². The summed E-state index contributed by atoms with van der Waals surface area (Å²) in [7, 11) is 0. The third kappa shape index (κ3) is 2.83. The van der Waals surface area contributed by atoms with E-state index in [9.17, 15) is 9.59 Å². The van der Waals surface area contributed by atoms with Crippen molar-refractivity contribution in [3.05, 3.63) is 59.7 Å². The number of rotatable bonds is 1. The lowest BCUT2D eigenvalue weighted by Crippen LogP contribution is -2.47. The average molecular weight is 409 g/mol. The van der Waals surface area contributed by atoms with E-state index in [1.54, 1.807) is 0 Å². The van der Waals surface area contributed by atoms with Gasteiger partial charge in [-0.1, -0.05) is 36.4 Å². The Morgan fingerprint density at radius 3 is 2.57 bits per heavy atom. The summed E-state index contributed by atoms with van der Waals surface area (Å²) in [5, 5.41) is 1.52. The number of Topliss-reactive ketones (excluding diaryl/α,β-unsaturated/α-hetero) is 1. The molecule has 0 atom stereocenters. The van der Waals surface area contributed by atoms with Crippen molar-refractivity contribution >= 4 is 49.9 Å². The van der Waals surface area contributed by atoms with Crippen LogP contribution in [0.5, 0.6) is 0 Å². The van der Waals surface area contributed by atoms with Crippen LogP contribution in [0, 0.1) is 0 Å². The maximum absolute atomic E-state index is 13.2. The first-order chi connectivity index (χ1) is 13.6. The van der Waals surface area contributed by atoms with Crippen LogP contribution in [0.3, 0.4) is 0 Å². The topological polar surface area (TPSA) is 63.4 Å². The van der Waals surface area contributed by atoms with Gasteiger partial charge in [-0.3, -0.25) is 9.59 Å². The van der Waals surface area contributed by atoms with Gasteiger partial charge in [-0.15, -0.1) is 23.1 Å². The van der Waals surface area contributed by atoms with Crippen LogP contribution in [0.15, 0.2) is 53.4 Å². The number of thiophene rings is 1. The highest BCUT2D eigenvalue weighted by Gasteiger charge is 2.42. The van der Waals surface area contributed by atoms with Gasteiger partial charge in [0.2, 0.25) is 0 Å². The van der Waals surface area contributed by atoms with Crippen LogP contribution in [-0.2, 0) is 0 Å². The lowest BCUT2D eigenvalue weighted by molar-refractivity contribution is 0.0699. The Balaban J connectivity index is 1.37. The third-order valence-electron chi connectivity index (χ3n) is 5.80. The zero-order chi connectivity index (χ0) is 19.3. The van der Waals surface area contributed by atoms with Gasteiger partial charge in [0.15, 0.2) is 5.78 Å². The minimum Gasteiger partial charge on any atom is -0.390 e. The third-order valence-corrected chi connectivity index (χ3v) is 8.36. The molecule has 1 saturated heterocycles. The van der Waals surface area contributed by atoms with E-state index in [2.05, 4.69) is 0 Å². The number of hydrogen-bond acceptors (Lipinski definition) is 5. The fourth-order valence-electron chi connectivity index (χ4n) is 4.28. The number of nitrogen functional groups attached to an aromatic ring is 1. The number of carbonyl (C=O) groups is 2. The highest BCUT2D eigenvalue weighted by atomic mass is 32.2. The van der Waals surface area contributed by atoms with Crippen molar-refractivity contribution in [3.8, 4) is 0 Å². The fourth-order valence-corrected chi connectivity index (χ4v) is 6.74. The number of ketones is 1. The molecule has 2 aromatic carbocycles. The Labute approximate surface area is 171 Å². The first-order valence-corrected chi connectivity index (χ1v) is 11.1. The summed E-state index contributed by atoms with van der Waals surface area (Å²) in [6.07, 6.45) is 2.21. The monoisotopic (exact) mass is 408 g/mol. The predicted molar refractivity (Wildman–Crippen MR) is 115 cm³/mol. The number of benzene rings is 2. The van der Waals surface area contributed by atoms with E-state index in [0.29, 0.717) is 30.1 Å². The van der Waals surface area contributed by atoms with Crippen LogP contribution >= 0.6 is 23.1 Å². The van der Waals surface area contributed by atoms with Crippen molar-refractivity contribution in [2.24, 2.45) is 0 Å². The van der Waals surface area contributed by atoms with Crippen molar-refractivity contribution in [1.82, 2.24) is 4.90 Å². The number of nitrogens with two attached hydrogens (primary N) is 1. The first-order valence-electron chi connectivity index (χ1n) is 9.44. The SMILES string of the molecule is Nc1sc2ccccc2c1C(=O)N1CCC2(CC1)CC(=O)c1ccccc1S2. The smallest absolute Gasteiger partial charge is 0.257 e. The summed E-state index contributed by atoms with van der Waals surface area (Å²) in [6.45, 7) is 1.32. The van der Waals surface area contributed by atoms with Gasteiger partial charge in [-0.05, 0) is 25.0 Å². The van der Waals surface area contributed by atoms with Gasteiger partial charge in [0, 0.05) is 44.8 Å². The number of likely N-dealkylation sites (tertiary alicyclic amines) is 1. The molecule has 0 saturated carbocycles. The molecule has 2 N–H and O–H groups in total. The molecule has 2 aliphatic heterocycles. The molecule has 1 spiro atoms. The Hall–Kier alpha value is -2.31. The highest BCUT2D eigenvalue weighted by molar-refractivity contribution is 8.01. The second kappa shape index (κ2) is 6.64. The molecule has 3 heterocycles. The van der Waals surface area contributed by atoms with E-state index < -0.39 is 0 Å². The van der Waals surface area contributed by atoms with Gasteiger partial charge < -0.3 is 10.6 Å². The molecule has 1 aromatic heterocycles. The van der Waals surface area contributed by atoms with Crippen LogP contribution in [0.2, 0.25) is 0 Å². The van der Waals surface area contributed by atoms with Crippen molar-refractivity contribution in [1.29, 1.82) is 0 Å². The molecule has 4 nitrogen and oxygen atoms in total. The summed E-state index contributed by atoms with van der Waals surface area (Å²) in [5.74, 6) is 0.236. The molecule has 28 heavy (non-hydrogen) atoms. The van der Waals surface area contributed by atoms with Gasteiger partial charge in [-0.25, -0.2) is 0 Å². The minimum absolute atomic E-state index is 0.0114. The maximum atomic E-state index is 13.2. The second-order valence-electron chi connectivity index (χ2n) is 7.51. The zero-order valence-electron chi connectivity index (χ0n) is 15.3. The number of hydrogen-bond donors (Lipinski definition) is 1. The second-order valence-corrected chi connectivity index (χ2v) is 10.1. The standard InChI is InChI=1S/C22H20N2O2S2/c23-20-19(15-6-2-3-7-17(15)27-20)21(26)24-11-9-22(10-12-24)13-16(25)14-5-1-4-8-18(14)28-22/h1-8H,9-13,23H2. The number of anilines is 1. The number of carbonyl (C=O) groups excluding carboxylic acids is 2. The van der Waals surface area contributed by atoms with Gasteiger partial charge >= 0.3 is 0 Å². The molecule has 0 radical (unpaired) electrons. The molecule has 2 aliphatic rings. The summed E-state index contributed by atoms with van der Waals surface area (Å²) in [5.41, 5.74) is 7.67. The summed E-state index contributed by atoms with van der Waals surface area (Å²) >= 11 is 3.29. The predicted octanol–water partition coefficient (Wildman–Crippen LogP) is 4.84. The van der Waals surface area contributed by atoms with Crippen LogP contribution in [-0.4, -0.2) is 34.4 Å². The molecule has 0 bridgehead atoms. The molecular formula is C22H20N2O2S2. The average Bonchev–Trinajstić information content (AvgIpc) is 3.04. The van der Waals surface area contributed by atoms with Gasteiger partial charge in [0.05, 0.1) is 10.6 Å². The summed E-state index contributed by atoms with van der Waals surface area (Å²) in [4.78, 5) is 28.8. The molecule has 0 aliphatic carbocycles. The number of fused-ring (bicyclic) bond motifs is 2.